The molecule has 10 heteroatoms. The van der Waals surface area contributed by atoms with Gasteiger partial charge in [-0.05, 0) is 24.3 Å². The van der Waals surface area contributed by atoms with Crippen LogP contribution in [0.1, 0.15) is 17.9 Å². The molecule has 1 aromatic carbocycles. The molecule has 0 fully saturated rings. The molecule has 6 nitrogen and oxygen atoms in total. The van der Waals surface area contributed by atoms with Crippen molar-refractivity contribution in [2.24, 2.45) is 5.10 Å². The maximum atomic E-state index is 12.7. The molecule has 0 aliphatic heterocycles. The van der Waals surface area contributed by atoms with Crippen molar-refractivity contribution in [3.05, 3.63) is 47.6 Å². The Bertz CT molecular complexity index is 742. The molecule has 0 aliphatic rings. The minimum atomic E-state index is -3.98. The van der Waals surface area contributed by atoms with Gasteiger partial charge in [0.05, 0.1) is 11.1 Å². The molecule has 0 bridgehead atoms. The zero-order valence-electron chi connectivity index (χ0n) is 10.2. The Morgan fingerprint density at radius 3 is 2.52 bits per heavy atom. The minimum Gasteiger partial charge on any atom is -0.355 e. The first-order valence-corrected chi connectivity index (χ1v) is 6.92. The lowest BCUT2D eigenvalue weighted by Crippen LogP contribution is -2.18. The number of rotatable bonds is 5. The van der Waals surface area contributed by atoms with Crippen molar-refractivity contribution in [3.63, 3.8) is 0 Å². The fraction of sp³-hybridized carbons (Fsp3) is 0.0909. The molecule has 0 aliphatic carbocycles. The molecule has 0 amide bonds. The monoisotopic (exact) mass is 319 g/mol. The quantitative estimate of drug-likeness (QED) is 0.675. The molecule has 0 spiro atoms. The molecule has 0 saturated carbocycles. The Kier molecular flexibility index (Phi) is 4.26. The molecule has 1 N–H and O–H groups in total. The second-order valence-corrected chi connectivity index (χ2v) is 5.42. The number of hydrazone groups is 1. The third-order valence-corrected chi connectivity index (χ3v) is 3.50. The summed E-state index contributed by atoms with van der Waals surface area (Å²) in [4.78, 5) is 1.62. The van der Waals surface area contributed by atoms with Gasteiger partial charge in [0.1, 0.15) is 11.5 Å². The molecule has 1 heterocycles. The predicted octanol–water partition coefficient (Wildman–Crippen LogP) is 2.06. The number of nitrogens with one attached hydrogen (secondary N) is 1. The van der Waals surface area contributed by atoms with Crippen LogP contribution in [0.5, 0.6) is 0 Å². The summed E-state index contributed by atoms with van der Waals surface area (Å²) in [5, 5.41) is 6.41. The van der Waals surface area contributed by atoms with Crippen LogP contribution < -0.4 is 4.83 Å². The van der Waals surface area contributed by atoms with E-state index in [4.69, 9.17) is 0 Å². The van der Waals surface area contributed by atoms with Gasteiger partial charge in [-0.1, -0.05) is 5.16 Å². The van der Waals surface area contributed by atoms with E-state index in [1.54, 1.807) is 0 Å². The normalized spacial score (nSPS) is 12.2. The van der Waals surface area contributed by atoms with Crippen LogP contribution in [0.15, 0.2) is 44.9 Å². The number of nitrogens with zero attached hydrogens (tertiary/aromatic N) is 2. The van der Waals surface area contributed by atoms with E-state index in [0.29, 0.717) is 0 Å². The molecule has 2 rings (SSSR count). The summed E-state index contributed by atoms with van der Waals surface area (Å²) in [5.41, 5.74) is -0.585. The van der Waals surface area contributed by atoms with E-state index in [2.05, 4.69) is 14.8 Å². The maximum Gasteiger partial charge on any atom is 0.283 e. The Balaban J connectivity index is 2.07. The van der Waals surface area contributed by atoms with E-state index in [1.807, 2.05) is 4.83 Å². The van der Waals surface area contributed by atoms with Crippen LogP contribution in [-0.2, 0) is 10.0 Å². The lowest BCUT2D eigenvalue weighted by Gasteiger charge is -2.02. The topological polar surface area (TPSA) is 84.6 Å². The highest BCUT2D eigenvalue weighted by Crippen LogP contribution is 2.17. The maximum absolute atomic E-state index is 12.7. The average molecular weight is 319 g/mol. The number of aromatic nitrogens is 1. The molecule has 0 saturated heterocycles. The van der Waals surface area contributed by atoms with Crippen molar-refractivity contribution in [1.82, 2.24) is 9.99 Å². The molecule has 0 radical (unpaired) electrons. The van der Waals surface area contributed by atoms with Crippen molar-refractivity contribution < 1.29 is 26.1 Å². The van der Waals surface area contributed by atoms with Gasteiger partial charge >= 0.3 is 0 Å². The molecule has 21 heavy (non-hydrogen) atoms. The first-order chi connectivity index (χ1) is 9.88. The van der Waals surface area contributed by atoms with Crippen molar-refractivity contribution in [2.45, 2.75) is 11.3 Å². The second-order valence-electron chi connectivity index (χ2n) is 3.76. The molecule has 0 unspecified atom stereocenters. The third-order valence-electron chi connectivity index (χ3n) is 2.26. The number of sulfonamides is 1. The second kappa shape index (κ2) is 5.95. The summed E-state index contributed by atoms with van der Waals surface area (Å²) in [6, 6.07) is 4.97. The number of halogens is 3. The van der Waals surface area contributed by atoms with Crippen LogP contribution >= 0.6 is 0 Å². The van der Waals surface area contributed by atoms with E-state index in [1.165, 1.54) is 0 Å². The van der Waals surface area contributed by atoms with Crippen LogP contribution in [0.4, 0.5) is 13.2 Å². The lowest BCUT2D eigenvalue weighted by atomic mass is 10.4. The Morgan fingerprint density at radius 2 is 1.95 bits per heavy atom. The first kappa shape index (κ1) is 15.0. The SMILES string of the molecule is O=S(=O)(N/N=C/c1cc(C(F)F)no1)c1ccc(F)cc1. The minimum absolute atomic E-state index is 0.146. The van der Waals surface area contributed by atoms with Crippen LogP contribution in [0.3, 0.4) is 0 Å². The van der Waals surface area contributed by atoms with Gasteiger partial charge in [-0.15, -0.1) is 0 Å². The summed E-state index contributed by atoms with van der Waals surface area (Å²) in [7, 11) is -3.98. The van der Waals surface area contributed by atoms with E-state index >= 15 is 0 Å². The molecular formula is C11H8F3N3O3S. The van der Waals surface area contributed by atoms with Gasteiger partial charge in [-0.2, -0.15) is 18.4 Å². The number of alkyl halides is 2. The fourth-order valence-corrected chi connectivity index (χ4v) is 2.08. The Labute approximate surface area is 117 Å². The lowest BCUT2D eigenvalue weighted by molar-refractivity contribution is 0.140. The molecule has 112 valence electrons. The Hall–Kier alpha value is -2.36. The van der Waals surface area contributed by atoms with E-state index in [9.17, 15) is 21.6 Å². The number of benzene rings is 1. The highest BCUT2D eigenvalue weighted by atomic mass is 32.2. The van der Waals surface area contributed by atoms with Gasteiger partial charge in [0, 0.05) is 6.07 Å². The summed E-state index contributed by atoms with van der Waals surface area (Å²) in [6.07, 6.45) is -1.92. The average Bonchev–Trinajstić information content (AvgIpc) is 2.88. The van der Waals surface area contributed by atoms with Gasteiger partial charge in [-0.25, -0.2) is 13.2 Å². The van der Waals surface area contributed by atoms with Crippen LogP contribution in [0, 0.1) is 5.82 Å². The van der Waals surface area contributed by atoms with Crippen molar-refractivity contribution in [3.8, 4) is 0 Å². The molecular weight excluding hydrogens is 311 g/mol. The predicted molar refractivity (Wildman–Crippen MR) is 65.8 cm³/mol. The number of hydrogen-bond acceptors (Lipinski definition) is 5. The van der Waals surface area contributed by atoms with Gasteiger partial charge in [-0.3, -0.25) is 0 Å². The van der Waals surface area contributed by atoms with Gasteiger partial charge < -0.3 is 4.52 Å². The van der Waals surface area contributed by atoms with Gasteiger partial charge in [0.2, 0.25) is 0 Å². The molecule has 1 aromatic heterocycles. The summed E-state index contributed by atoms with van der Waals surface area (Å²) in [5.74, 6) is -0.731. The van der Waals surface area contributed by atoms with Crippen molar-refractivity contribution >= 4 is 16.2 Å². The molecule has 2 aromatic rings. The standard InChI is InChI=1S/C11H8F3N3O3S/c12-7-1-3-9(4-2-7)21(18,19)17-15-6-8-5-10(11(13)14)16-20-8/h1-6,11,17H/b15-6+. The highest BCUT2D eigenvalue weighted by Gasteiger charge is 2.14. The summed E-state index contributed by atoms with van der Waals surface area (Å²) < 4.78 is 65.1. The van der Waals surface area contributed by atoms with Crippen LogP contribution in [0.2, 0.25) is 0 Å². The fourth-order valence-electron chi connectivity index (χ4n) is 1.29. The van der Waals surface area contributed by atoms with Crippen molar-refractivity contribution in [2.75, 3.05) is 0 Å². The smallest absolute Gasteiger partial charge is 0.283 e. The largest absolute Gasteiger partial charge is 0.355 e. The van der Waals surface area contributed by atoms with E-state index in [-0.39, 0.29) is 10.7 Å². The summed E-state index contributed by atoms with van der Waals surface area (Å²) in [6.45, 7) is 0. The van der Waals surface area contributed by atoms with Crippen LogP contribution in [0.25, 0.3) is 0 Å². The zero-order chi connectivity index (χ0) is 15.5. The van der Waals surface area contributed by atoms with Crippen molar-refractivity contribution in [1.29, 1.82) is 0 Å². The molecule has 0 atom stereocenters. The third kappa shape index (κ3) is 3.81. The zero-order valence-corrected chi connectivity index (χ0v) is 11.0. The summed E-state index contributed by atoms with van der Waals surface area (Å²) >= 11 is 0. The van der Waals surface area contributed by atoms with Gasteiger partial charge in [0.25, 0.3) is 16.4 Å². The van der Waals surface area contributed by atoms with Crippen LogP contribution in [-0.4, -0.2) is 19.8 Å². The highest BCUT2D eigenvalue weighted by molar-refractivity contribution is 7.89. The van der Waals surface area contributed by atoms with E-state index in [0.717, 1.165) is 36.5 Å². The van der Waals surface area contributed by atoms with E-state index < -0.39 is 28.0 Å². The first-order valence-electron chi connectivity index (χ1n) is 5.44. The van der Waals surface area contributed by atoms with Gasteiger partial charge in [0.15, 0.2) is 5.76 Å². The number of hydrogen-bond donors (Lipinski definition) is 1. The Morgan fingerprint density at radius 1 is 1.29 bits per heavy atom.